The van der Waals surface area contributed by atoms with Gasteiger partial charge in [0.15, 0.2) is 0 Å². The first-order valence-corrected chi connectivity index (χ1v) is 6.53. The maximum absolute atomic E-state index is 9.83. The second-order valence-corrected chi connectivity index (χ2v) is 5.58. The average Bonchev–Trinajstić information content (AvgIpc) is 2.38. The quantitative estimate of drug-likeness (QED) is 0.872. The van der Waals surface area contributed by atoms with Gasteiger partial charge in [0, 0.05) is 38.9 Å². The zero-order valence-electron chi connectivity index (χ0n) is 11.5. The standard InChI is InChI=1S/C14H20N4O/c1-14(2,19)11-17-5-7-18(8-6-17)13-10-16-4-3-12(13)9-15/h3-4,10,19H,5-8,11H2,1-2H3. The van der Waals surface area contributed by atoms with E-state index in [1.165, 1.54) is 0 Å². The average molecular weight is 260 g/mol. The number of hydrogen-bond donors (Lipinski definition) is 1. The van der Waals surface area contributed by atoms with E-state index < -0.39 is 5.60 Å². The Kier molecular flexibility index (Phi) is 4.03. The molecule has 2 rings (SSSR count). The predicted octanol–water partition coefficient (Wildman–Crippen LogP) is 0.846. The van der Waals surface area contributed by atoms with E-state index in [9.17, 15) is 5.11 Å². The number of pyridine rings is 1. The molecule has 0 aliphatic carbocycles. The van der Waals surface area contributed by atoms with Crippen molar-refractivity contribution in [1.29, 1.82) is 5.26 Å². The maximum atomic E-state index is 9.83. The van der Waals surface area contributed by atoms with Gasteiger partial charge in [-0.1, -0.05) is 0 Å². The molecule has 0 atom stereocenters. The summed E-state index contributed by atoms with van der Waals surface area (Å²) in [5, 5.41) is 18.9. The summed E-state index contributed by atoms with van der Waals surface area (Å²) in [5.41, 5.74) is 0.924. The number of nitrogens with zero attached hydrogens (tertiary/aromatic N) is 4. The molecule has 0 bridgehead atoms. The summed E-state index contributed by atoms with van der Waals surface area (Å²) in [4.78, 5) is 8.54. The van der Waals surface area contributed by atoms with Crippen molar-refractivity contribution in [2.75, 3.05) is 37.6 Å². The molecule has 0 spiro atoms. The molecule has 1 aromatic rings. The summed E-state index contributed by atoms with van der Waals surface area (Å²) in [6.07, 6.45) is 3.40. The highest BCUT2D eigenvalue weighted by molar-refractivity contribution is 5.57. The van der Waals surface area contributed by atoms with Gasteiger partial charge in [-0.25, -0.2) is 0 Å². The van der Waals surface area contributed by atoms with Crippen molar-refractivity contribution < 1.29 is 5.11 Å². The highest BCUT2D eigenvalue weighted by atomic mass is 16.3. The van der Waals surface area contributed by atoms with Gasteiger partial charge in [0.1, 0.15) is 6.07 Å². The van der Waals surface area contributed by atoms with Gasteiger partial charge in [-0.3, -0.25) is 9.88 Å². The largest absolute Gasteiger partial charge is 0.389 e. The molecular weight excluding hydrogens is 240 g/mol. The molecule has 1 aliphatic rings. The topological polar surface area (TPSA) is 63.4 Å². The van der Waals surface area contributed by atoms with Gasteiger partial charge in [0.2, 0.25) is 0 Å². The smallest absolute Gasteiger partial charge is 0.101 e. The van der Waals surface area contributed by atoms with Gasteiger partial charge in [-0.2, -0.15) is 5.26 Å². The third kappa shape index (κ3) is 3.66. The Balaban J connectivity index is 1.99. The molecular formula is C14H20N4O. The Morgan fingerprint density at radius 3 is 2.63 bits per heavy atom. The van der Waals surface area contributed by atoms with Gasteiger partial charge >= 0.3 is 0 Å². The summed E-state index contributed by atoms with van der Waals surface area (Å²) < 4.78 is 0. The number of β-amino-alcohol motifs (C(OH)–C–C–N with tert-alkyl or cyclic N) is 1. The van der Waals surface area contributed by atoms with E-state index in [4.69, 9.17) is 5.26 Å². The summed E-state index contributed by atoms with van der Waals surface area (Å²) >= 11 is 0. The minimum Gasteiger partial charge on any atom is -0.389 e. The molecule has 5 nitrogen and oxygen atoms in total. The molecule has 0 amide bonds. The maximum Gasteiger partial charge on any atom is 0.101 e. The van der Waals surface area contributed by atoms with Crippen LogP contribution in [0.4, 0.5) is 5.69 Å². The Hall–Kier alpha value is -1.64. The minimum atomic E-state index is -0.658. The van der Waals surface area contributed by atoms with Crippen LogP contribution in [0.2, 0.25) is 0 Å². The number of aliphatic hydroxyl groups is 1. The van der Waals surface area contributed by atoms with Crippen LogP contribution in [0.5, 0.6) is 0 Å². The van der Waals surface area contributed by atoms with Crippen LogP contribution >= 0.6 is 0 Å². The Labute approximate surface area is 114 Å². The third-order valence-electron chi connectivity index (χ3n) is 3.24. The summed E-state index contributed by atoms with van der Waals surface area (Å²) in [6, 6.07) is 3.96. The minimum absolute atomic E-state index is 0.658. The van der Waals surface area contributed by atoms with Crippen molar-refractivity contribution in [3.8, 4) is 6.07 Å². The lowest BCUT2D eigenvalue weighted by Crippen LogP contribution is -2.50. The molecule has 5 heteroatoms. The molecule has 1 aromatic heterocycles. The van der Waals surface area contributed by atoms with Crippen molar-refractivity contribution in [1.82, 2.24) is 9.88 Å². The van der Waals surface area contributed by atoms with Crippen molar-refractivity contribution >= 4 is 5.69 Å². The molecule has 1 N–H and O–H groups in total. The molecule has 1 aliphatic heterocycles. The van der Waals surface area contributed by atoms with Gasteiger partial charge in [-0.15, -0.1) is 0 Å². The second kappa shape index (κ2) is 5.55. The normalized spacial score (nSPS) is 17.3. The molecule has 2 heterocycles. The molecule has 0 saturated carbocycles. The summed E-state index contributed by atoms with van der Waals surface area (Å²) in [7, 11) is 0. The summed E-state index contributed by atoms with van der Waals surface area (Å²) in [6.45, 7) is 7.84. The fourth-order valence-corrected chi connectivity index (χ4v) is 2.43. The number of aromatic nitrogens is 1. The lowest BCUT2D eigenvalue weighted by molar-refractivity contribution is 0.0345. The molecule has 102 valence electrons. The molecule has 0 unspecified atom stereocenters. The lowest BCUT2D eigenvalue weighted by atomic mass is 10.1. The van der Waals surface area contributed by atoms with E-state index in [0.717, 1.165) is 31.9 Å². The highest BCUT2D eigenvalue weighted by Gasteiger charge is 2.23. The first-order chi connectivity index (χ1) is 8.99. The number of nitriles is 1. The first kappa shape index (κ1) is 13.8. The zero-order chi connectivity index (χ0) is 13.9. The molecule has 1 fully saturated rings. The van der Waals surface area contributed by atoms with E-state index in [-0.39, 0.29) is 0 Å². The number of hydrogen-bond acceptors (Lipinski definition) is 5. The van der Waals surface area contributed by atoms with Crippen LogP contribution in [0, 0.1) is 11.3 Å². The Bertz CT molecular complexity index is 467. The molecule has 0 aromatic carbocycles. The van der Waals surface area contributed by atoms with Crippen LogP contribution in [0.15, 0.2) is 18.5 Å². The van der Waals surface area contributed by atoms with E-state index in [2.05, 4.69) is 20.9 Å². The van der Waals surface area contributed by atoms with Gasteiger partial charge in [0.05, 0.1) is 23.0 Å². The van der Waals surface area contributed by atoms with Crippen molar-refractivity contribution in [2.45, 2.75) is 19.4 Å². The van der Waals surface area contributed by atoms with E-state index in [0.29, 0.717) is 12.1 Å². The fourth-order valence-electron chi connectivity index (χ4n) is 2.43. The van der Waals surface area contributed by atoms with Crippen LogP contribution in [0.1, 0.15) is 19.4 Å². The fraction of sp³-hybridized carbons (Fsp3) is 0.571. The third-order valence-corrected chi connectivity index (χ3v) is 3.24. The first-order valence-electron chi connectivity index (χ1n) is 6.53. The summed E-state index contributed by atoms with van der Waals surface area (Å²) in [5.74, 6) is 0. The van der Waals surface area contributed by atoms with Crippen LogP contribution in [0.3, 0.4) is 0 Å². The monoisotopic (exact) mass is 260 g/mol. The Morgan fingerprint density at radius 1 is 1.37 bits per heavy atom. The van der Waals surface area contributed by atoms with E-state index in [1.54, 1.807) is 18.5 Å². The number of anilines is 1. The second-order valence-electron chi connectivity index (χ2n) is 5.58. The van der Waals surface area contributed by atoms with Crippen molar-refractivity contribution in [3.05, 3.63) is 24.0 Å². The van der Waals surface area contributed by atoms with Gasteiger partial charge < -0.3 is 10.0 Å². The van der Waals surface area contributed by atoms with E-state index >= 15 is 0 Å². The van der Waals surface area contributed by atoms with Gasteiger partial charge in [0.25, 0.3) is 0 Å². The van der Waals surface area contributed by atoms with Crippen LogP contribution in [-0.2, 0) is 0 Å². The lowest BCUT2D eigenvalue weighted by Gasteiger charge is -2.38. The molecule has 0 radical (unpaired) electrons. The van der Waals surface area contributed by atoms with Crippen LogP contribution in [-0.4, -0.2) is 53.3 Å². The van der Waals surface area contributed by atoms with Crippen LogP contribution in [0.25, 0.3) is 0 Å². The van der Waals surface area contributed by atoms with E-state index in [1.807, 2.05) is 13.8 Å². The SMILES string of the molecule is CC(C)(O)CN1CCN(c2cnccc2C#N)CC1. The highest BCUT2D eigenvalue weighted by Crippen LogP contribution is 2.20. The van der Waals surface area contributed by atoms with Gasteiger partial charge in [-0.05, 0) is 19.9 Å². The molecule has 19 heavy (non-hydrogen) atoms. The number of rotatable bonds is 3. The Morgan fingerprint density at radius 2 is 2.05 bits per heavy atom. The van der Waals surface area contributed by atoms with Crippen LogP contribution < -0.4 is 4.90 Å². The number of piperazine rings is 1. The predicted molar refractivity (Wildman–Crippen MR) is 73.9 cm³/mol. The van der Waals surface area contributed by atoms with Crippen molar-refractivity contribution in [2.24, 2.45) is 0 Å². The molecule has 1 saturated heterocycles. The zero-order valence-corrected chi connectivity index (χ0v) is 11.5. The van der Waals surface area contributed by atoms with Crippen molar-refractivity contribution in [3.63, 3.8) is 0 Å².